The monoisotopic (exact) mass is 362 g/mol. The number of carbonyl (C=O) groups is 2. The van der Waals surface area contributed by atoms with E-state index < -0.39 is 17.5 Å². The summed E-state index contributed by atoms with van der Waals surface area (Å²) in [5.41, 5.74) is 2.44. The molecular weight excluding hydrogens is 336 g/mol. The number of carbonyl (C=O) groups excluding carboxylic acids is 2. The minimum atomic E-state index is -1.12. The lowest BCUT2D eigenvalue weighted by Crippen LogP contribution is -2.46. The van der Waals surface area contributed by atoms with Crippen LogP contribution in [0.15, 0.2) is 12.2 Å². The lowest BCUT2D eigenvalue weighted by atomic mass is 9.87. The maximum atomic E-state index is 12.5. The minimum Gasteiger partial charge on any atom is -0.507 e. The molecule has 0 aliphatic carbocycles. The molecule has 1 unspecified atom stereocenters. The third kappa shape index (κ3) is 3.69. The fourth-order valence-corrected chi connectivity index (χ4v) is 2.94. The van der Waals surface area contributed by atoms with Crippen LogP contribution in [0.2, 0.25) is 0 Å². The van der Waals surface area contributed by atoms with Crippen LogP contribution in [0.25, 0.3) is 0 Å². The van der Waals surface area contributed by atoms with E-state index in [2.05, 4.69) is 6.58 Å². The van der Waals surface area contributed by atoms with Crippen LogP contribution in [0.1, 0.15) is 42.5 Å². The van der Waals surface area contributed by atoms with Crippen LogP contribution in [-0.4, -0.2) is 35.9 Å². The Labute approximate surface area is 153 Å². The Kier molecular flexibility index (Phi) is 5.64. The van der Waals surface area contributed by atoms with E-state index in [1.54, 1.807) is 13.8 Å². The Morgan fingerprint density at radius 2 is 1.77 bits per heavy atom. The second-order valence-corrected chi connectivity index (χ2v) is 6.92. The van der Waals surface area contributed by atoms with Crippen molar-refractivity contribution in [3.8, 4) is 11.5 Å². The lowest BCUT2D eigenvalue weighted by molar-refractivity contribution is -0.165. The largest absolute Gasteiger partial charge is 0.507 e. The first kappa shape index (κ1) is 19.8. The molecule has 0 bridgehead atoms. The average Bonchev–Trinajstić information content (AvgIpc) is 2.61. The summed E-state index contributed by atoms with van der Waals surface area (Å²) >= 11 is 0. The topological polar surface area (TPSA) is 82.1 Å². The van der Waals surface area contributed by atoms with E-state index in [9.17, 15) is 14.7 Å². The maximum Gasteiger partial charge on any atom is 0.350 e. The van der Waals surface area contributed by atoms with Gasteiger partial charge in [-0.1, -0.05) is 6.58 Å². The lowest BCUT2D eigenvalue weighted by Gasteiger charge is -2.35. The zero-order chi connectivity index (χ0) is 19.6. The summed E-state index contributed by atoms with van der Waals surface area (Å²) in [6.07, 6.45) is 1.04. The fourth-order valence-electron chi connectivity index (χ4n) is 2.94. The number of aromatic hydroxyl groups is 1. The van der Waals surface area contributed by atoms with E-state index in [1.807, 2.05) is 20.8 Å². The Bertz CT molecular complexity index is 764. The molecule has 0 spiro atoms. The first-order valence-electron chi connectivity index (χ1n) is 8.59. The van der Waals surface area contributed by atoms with E-state index in [1.165, 1.54) is 0 Å². The predicted octanol–water partition coefficient (Wildman–Crippen LogP) is 3.06. The molecule has 0 amide bonds. The molecule has 1 aliphatic rings. The minimum absolute atomic E-state index is 0.0325. The first-order valence-corrected chi connectivity index (χ1v) is 8.59. The van der Waals surface area contributed by atoms with Crippen LogP contribution in [0, 0.1) is 20.8 Å². The number of phenolic OH excluding ortho intramolecular Hbond substituents is 1. The van der Waals surface area contributed by atoms with Gasteiger partial charge in [0.05, 0.1) is 0 Å². The Morgan fingerprint density at radius 3 is 2.38 bits per heavy atom. The number of hydrogen-bond acceptors (Lipinski definition) is 6. The Morgan fingerprint density at radius 1 is 1.15 bits per heavy atom. The highest BCUT2D eigenvalue weighted by atomic mass is 16.6. The van der Waals surface area contributed by atoms with Gasteiger partial charge in [0.2, 0.25) is 5.60 Å². The van der Waals surface area contributed by atoms with Crippen molar-refractivity contribution >= 4 is 11.9 Å². The SMILES string of the molecule is C=C(C)C(=O)OCCOC(=O)C1(C)CCc2c(C)c(O)c(C)c(C)c2O1. The molecule has 6 nitrogen and oxygen atoms in total. The molecular formula is C20H26O6. The van der Waals surface area contributed by atoms with Gasteiger partial charge in [-0.3, -0.25) is 0 Å². The van der Waals surface area contributed by atoms with Crippen molar-refractivity contribution in [1.29, 1.82) is 0 Å². The molecule has 1 aromatic rings. The first-order chi connectivity index (χ1) is 12.1. The van der Waals surface area contributed by atoms with E-state index in [0.29, 0.717) is 24.2 Å². The summed E-state index contributed by atoms with van der Waals surface area (Å²) in [7, 11) is 0. The molecule has 0 fully saturated rings. The normalized spacial score (nSPS) is 18.5. The van der Waals surface area contributed by atoms with Gasteiger partial charge in [-0.05, 0) is 57.7 Å². The van der Waals surface area contributed by atoms with Gasteiger partial charge in [-0.25, -0.2) is 9.59 Å². The van der Waals surface area contributed by atoms with Crippen molar-refractivity contribution in [3.63, 3.8) is 0 Å². The number of fused-ring (bicyclic) bond motifs is 1. The Balaban J connectivity index is 2.07. The van der Waals surface area contributed by atoms with Crippen LogP contribution in [0.4, 0.5) is 0 Å². The van der Waals surface area contributed by atoms with E-state index >= 15 is 0 Å². The molecule has 2 rings (SSSR count). The van der Waals surface area contributed by atoms with Crippen LogP contribution in [0.3, 0.4) is 0 Å². The standard InChI is InChI=1S/C20H26O6/c1-11(2)18(22)24-9-10-25-19(23)20(6)8-7-15-14(5)16(21)12(3)13(4)17(15)26-20/h21H,1,7-10H2,2-6H3. The van der Waals surface area contributed by atoms with Gasteiger partial charge in [-0.2, -0.15) is 0 Å². The van der Waals surface area contributed by atoms with Gasteiger partial charge >= 0.3 is 11.9 Å². The van der Waals surface area contributed by atoms with E-state index in [0.717, 1.165) is 22.3 Å². The molecule has 1 N–H and O–H groups in total. The van der Waals surface area contributed by atoms with Crippen molar-refractivity contribution in [1.82, 2.24) is 0 Å². The van der Waals surface area contributed by atoms with Gasteiger partial charge < -0.3 is 19.3 Å². The highest BCUT2D eigenvalue weighted by Crippen LogP contribution is 2.43. The second-order valence-electron chi connectivity index (χ2n) is 6.92. The van der Waals surface area contributed by atoms with Crippen LogP contribution >= 0.6 is 0 Å². The van der Waals surface area contributed by atoms with Gasteiger partial charge in [0.1, 0.15) is 24.7 Å². The number of rotatable bonds is 5. The van der Waals surface area contributed by atoms with Gasteiger partial charge in [0, 0.05) is 17.6 Å². The van der Waals surface area contributed by atoms with Crippen molar-refractivity contribution in [3.05, 3.63) is 34.4 Å². The number of esters is 2. The quantitative estimate of drug-likeness (QED) is 0.492. The highest BCUT2D eigenvalue weighted by molar-refractivity contribution is 5.87. The summed E-state index contributed by atoms with van der Waals surface area (Å²) in [5.74, 6) is -0.110. The second kappa shape index (κ2) is 7.40. The van der Waals surface area contributed by atoms with Gasteiger partial charge in [0.25, 0.3) is 0 Å². The molecule has 0 radical (unpaired) electrons. The van der Waals surface area contributed by atoms with Gasteiger partial charge in [-0.15, -0.1) is 0 Å². The average molecular weight is 362 g/mol. The molecule has 0 saturated carbocycles. The molecule has 0 saturated heterocycles. The predicted molar refractivity (Wildman–Crippen MR) is 96.4 cm³/mol. The van der Waals surface area contributed by atoms with Crippen LogP contribution in [0.5, 0.6) is 11.5 Å². The molecule has 1 aliphatic heterocycles. The van der Waals surface area contributed by atoms with E-state index in [4.69, 9.17) is 14.2 Å². The molecule has 142 valence electrons. The summed E-state index contributed by atoms with van der Waals surface area (Å²) in [4.78, 5) is 23.8. The fraction of sp³-hybridized carbons (Fsp3) is 0.500. The smallest absolute Gasteiger partial charge is 0.350 e. The van der Waals surface area contributed by atoms with Gasteiger partial charge in [0.15, 0.2) is 0 Å². The maximum absolute atomic E-state index is 12.5. The molecule has 1 aromatic carbocycles. The summed E-state index contributed by atoms with van der Waals surface area (Å²) in [6, 6.07) is 0. The van der Waals surface area contributed by atoms with Crippen molar-refractivity contribution in [2.45, 2.75) is 53.1 Å². The van der Waals surface area contributed by atoms with Crippen molar-refractivity contribution < 1.29 is 28.9 Å². The number of ether oxygens (including phenoxy) is 3. The van der Waals surface area contributed by atoms with Crippen molar-refractivity contribution in [2.75, 3.05) is 13.2 Å². The summed E-state index contributed by atoms with van der Waals surface area (Å²) < 4.78 is 16.2. The van der Waals surface area contributed by atoms with Crippen LogP contribution < -0.4 is 4.74 Å². The molecule has 1 atom stereocenters. The molecule has 1 heterocycles. The van der Waals surface area contributed by atoms with E-state index in [-0.39, 0.29) is 19.0 Å². The molecule has 6 heteroatoms. The highest BCUT2D eigenvalue weighted by Gasteiger charge is 2.42. The Hall–Kier alpha value is -2.50. The number of hydrogen-bond donors (Lipinski definition) is 1. The third-order valence-electron chi connectivity index (χ3n) is 4.85. The molecule has 26 heavy (non-hydrogen) atoms. The third-order valence-corrected chi connectivity index (χ3v) is 4.85. The zero-order valence-corrected chi connectivity index (χ0v) is 16.0. The summed E-state index contributed by atoms with van der Waals surface area (Å²) in [6.45, 7) is 12.2. The summed E-state index contributed by atoms with van der Waals surface area (Å²) in [5, 5.41) is 10.2. The number of phenols is 1. The number of benzene rings is 1. The van der Waals surface area contributed by atoms with Crippen LogP contribution in [-0.2, 0) is 25.5 Å². The molecule has 0 aromatic heterocycles. The zero-order valence-electron chi connectivity index (χ0n) is 16.0. The van der Waals surface area contributed by atoms with Crippen molar-refractivity contribution in [2.24, 2.45) is 0 Å².